The van der Waals surface area contributed by atoms with Gasteiger partial charge in [0.25, 0.3) is 0 Å². The third-order valence-electron chi connectivity index (χ3n) is 4.54. The average molecular weight is 455 g/mol. The van der Waals surface area contributed by atoms with Crippen LogP contribution in [0.4, 0.5) is 15.9 Å². The van der Waals surface area contributed by atoms with Crippen molar-refractivity contribution in [1.82, 2.24) is 24.7 Å². The molecule has 0 aliphatic carbocycles. The van der Waals surface area contributed by atoms with Crippen LogP contribution in [0.3, 0.4) is 0 Å². The fraction of sp³-hybridized carbons (Fsp3) is 0.0476. The van der Waals surface area contributed by atoms with E-state index >= 15 is 0 Å². The molecule has 2 aromatic carbocycles. The molecule has 3 aromatic heterocycles. The fourth-order valence-electron chi connectivity index (χ4n) is 3.15. The van der Waals surface area contributed by atoms with Gasteiger partial charge in [-0.1, -0.05) is 23.2 Å². The molecule has 10 heteroatoms. The molecule has 0 bridgehead atoms. The van der Waals surface area contributed by atoms with Crippen LogP contribution in [-0.4, -0.2) is 24.7 Å². The van der Waals surface area contributed by atoms with Gasteiger partial charge in [-0.15, -0.1) is 0 Å². The highest BCUT2D eigenvalue weighted by molar-refractivity contribution is 6.32. The predicted molar refractivity (Wildman–Crippen MR) is 118 cm³/mol. The number of pyridine rings is 1. The Balaban J connectivity index is 1.46. The molecular weight excluding hydrogens is 442 g/mol. The molecule has 0 saturated heterocycles. The standard InChI is InChI=1S/C21H13Cl2FN6O/c1-30-9-11-2-3-12(6-16(11)29-30)31-18-8-14(24)17(7-13(18)22)27-21-20-15(25-10-26-21)4-5-19(23)28-20/h2-10H,1H3,(H,25,26,27). The van der Waals surface area contributed by atoms with Crippen molar-refractivity contribution in [2.75, 3.05) is 5.32 Å². The zero-order valence-corrected chi connectivity index (χ0v) is 17.5. The Labute approximate surface area is 185 Å². The molecule has 0 saturated carbocycles. The Bertz CT molecular complexity index is 1460. The highest BCUT2D eigenvalue weighted by Crippen LogP contribution is 2.36. The molecule has 0 aliphatic heterocycles. The zero-order chi connectivity index (χ0) is 21.5. The minimum absolute atomic E-state index is 0.110. The molecule has 5 rings (SSSR count). The van der Waals surface area contributed by atoms with Crippen LogP contribution in [0.15, 0.2) is 55.0 Å². The first-order valence-electron chi connectivity index (χ1n) is 9.11. The number of fused-ring (bicyclic) bond motifs is 2. The maximum Gasteiger partial charge on any atom is 0.160 e. The normalized spacial score (nSPS) is 11.2. The number of halogens is 3. The number of hydrogen-bond acceptors (Lipinski definition) is 6. The van der Waals surface area contributed by atoms with E-state index < -0.39 is 5.82 Å². The molecule has 0 aliphatic rings. The van der Waals surface area contributed by atoms with E-state index in [0.717, 1.165) is 10.9 Å². The van der Waals surface area contributed by atoms with E-state index in [1.165, 1.54) is 18.5 Å². The van der Waals surface area contributed by atoms with Gasteiger partial charge < -0.3 is 10.1 Å². The number of hydrogen-bond donors (Lipinski definition) is 1. The van der Waals surface area contributed by atoms with E-state index in [1.54, 1.807) is 28.9 Å². The molecule has 0 unspecified atom stereocenters. The molecule has 5 aromatic rings. The summed E-state index contributed by atoms with van der Waals surface area (Å²) in [5.41, 5.74) is 1.85. The van der Waals surface area contributed by atoms with Gasteiger partial charge in [-0.3, -0.25) is 4.68 Å². The fourth-order valence-corrected chi connectivity index (χ4v) is 3.50. The summed E-state index contributed by atoms with van der Waals surface area (Å²) >= 11 is 12.3. The van der Waals surface area contributed by atoms with E-state index in [4.69, 9.17) is 27.9 Å². The Morgan fingerprint density at radius 2 is 1.90 bits per heavy atom. The first kappa shape index (κ1) is 19.5. The highest BCUT2D eigenvalue weighted by Gasteiger charge is 2.14. The topological polar surface area (TPSA) is 77.8 Å². The summed E-state index contributed by atoms with van der Waals surface area (Å²) in [5.74, 6) is 0.395. The van der Waals surface area contributed by atoms with Gasteiger partial charge in [0.2, 0.25) is 0 Å². The molecule has 0 amide bonds. The summed E-state index contributed by atoms with van der Waals surface area (Å²) in [7, 11) is 1.84. The van der Waals surface area contributed by atoms with Crippen molar-refractivity contribution in [3.8, 4) is 11.5 Å². The number of ether oxygens (including phenoxy) is 1. The van der Waals surface area contributed by atoms with Crippen LogP contribution in [0.25, 0.3) is 21.9 Å². The van der Waals surface area contributed by atoms with Crippen LogP contribution >= 0.6 is 23.2 Å². The van der Waals surface area contributed by atoms with Gasteiger partial charge in [0.15, 0.2) is 5.82 Å². The second-order valence-corrected chi connectivity index (χ2v) is 7.53. The molecule has 0 spiro atoms. The van der Waals surface area contributed by atoms with Gasteiger partial charge in [0.05, 0.1) is 21.7 Å². The van der Waals surface area contributed by atoms with Gasteiger partial charge in [-0.2, -0.15) is 5.10 Å². The van der Waals surface area contributed by atoms with Crippen molar-refractivity contribution in [1.29, 1.82) is 0 Å². The minimum atomic E-state index is -0.577. The maximum absolute atomic E-state index is 14.8. The van der Waals surface area contributed by atoms with Gasteiger partial charge in [0, 0.05) is 30.8 Å². The van der Waals surface area contributed by atoms with E-state index in [-0.39, 0.29) is 21.6 Å². The number of nitrogens with zero attached hydrogens (tertiary/aromatic N) is 5. The van der Waals surface area contributed by atoms with Crippen LogP contribution < -0.4 is 10.1 Å². The quantitative estimate of drug-likeness (QED) is 0.341. The summed E-state index contributed by atoms with van der Waals surface area (Å²) in [6, 6.07) is 11.4. The van der Waals surface area contributed by atoms with Crippen molar-refractivity contribution in [3.05, 3.63) is 71.0 Å². The number of aromatic nitrogens is 5. The SMILES string of the molecule is Cn1cc2ccc(Oc3cc(F)c(Nc4ncnc5ccc(Cl)nc45)cc3Cl)cc2n1. The van der Waals surface area contributed by atoms with Crippen LogP contribution in [-0.2, 0) is 7.05 Å². The predicted octanol–water partition coefficient (Wildman–Crippen LogP) is 5.89. The molecule has 1 N–H and O–H groups in total. The van der Waals surface area contributed by atoms with E-state index in [1.807, 2.05) is 19.3 Å². The first-order valence-corrected chi connectivity index (χ1v) is 9.86. The summed E-state index contributed by atoms with van der Waals surface area (Å²) in [5, 5.41) is 8.70. The van der Waals surface area contributed by atoms with Crippen molar-refractivity contribution in [2.24, 2.45) is 7.05 Å². The van der Waals surface area contributed by atoms with Crippen LogP contribution in [0.1, 0.15) is 0 Å². The lowest BCUT2D eigenvalue weighted by Gasteiger charge is -2.12. The Morgan fingerprint density at radius 3 is 2.77 bits per heavy atom. The Kier molecular flexibility index (Phi) is 4.80. The van der Waals surface area contributed by atoms with Crippen LogP contribution in [0, 0.1) is 5.82 Å². The third-order valence-corrected chi connectivity index (χ3v) is 5.05. The molecular formula is C21H13Cl2FN6O. The van der Waals surface area contributed by atoms with Crippen LogP contribution in [0.2, 0.25) is 10.2 Å². The number of rotatable bonds is 4. The summed E-state index contributed by atoms with van der Waals surface area (Å²) < 4.78 is 22.4. The van der Waals surface area contributed by atoms with Gasteiger partial charge in [0.1, 0.15) is 34.3 Å². The van der Waals surface area contributed by atoms with E-state index in [0.29, 0.717) is 22.6 Å². The molecule has 0 fully saturated rings. The average Bonchev–Trinajstić information content (AvgIpc) is 3.11. The number of anilines is 2. The van der Waals surface area contributed by atoms with Gasteiger partial charge >= 0.3 is 0 Å². The van der Waals surface area contributed by atoms with Crippen LogP contribution in [0.5, 0.6) is 11.5 Å². The molecule has 0 atom stereocenters. The first-order chi connectivity index (χ1) is 15.0. The molecule has 154 valence electrons. The molecule has 0 radical (unpaired) electrons. The Hall–Kier alpha value is -3.49. The van der Waals surface area contributed by atoms with Crippen molar-refractivity contribution >= 4 is 56.6 Å². The van der Waals surface area contributed by atoms with Crippen molar-refractivity contribution in [3.63, 3.8) is 0 Å². The number of nitrogens with one attached hydrogen (secondary N) is 1. The number of benzene rings is 2. The molecule has 3 heterocycles. The number of aryl methyl sites for hydroxylation is 1. The van der Waals surface area contributed by atoms with E-state index in [9.17, 15) is 4.39 Å². The zero-order valence-electron chi connectivity index (χ0n) is 16.0. The lowest BCUT2D eigenvalue weighted by molar-refractivity contribution is 0.478. The van der Waals surface area contributed by atoms with Gasteiger partial charge in [-0.25, -0.2) is 19.3 Å². The monoisotopic (exact) mass is 454 g/mol. The van der Waals surface area contributed by atoms with Crippen molar-refractivity contribution < 1.29 is 9.13 Å². The third kappa shape index (κ3) is 3.83. The highest BCUT2D eigenvalue weighted by atomic mass is 35.5. The van der Waals surface area contributed by atoms with Crippen molar-refractivity contribution in [2.45, 2.75) is 0 Å². The smallest absolute Gasteiger partial charge is 0.160 e. The molecule has 31 heavy (non-hydrogen) atoms. The largest absolute Gasteiger partial charge is 0.456 e. The second kappa shape index (κ2) is 7.64. The second-order valence-electron chi connectivity index (χ2n) is 6.74. The van der Waals surface area contributed by atoms with E-state index in [2.05, 4.69) is 25.4 Å². The molecule has 7 nitrogen and oxygen atoms in total. The summed E-state index contributed by atoms with van der Waals surface area (Å²) in [4.78, 5) is 12.5. The minimum Gasteiger partial charge on any atom is -0.456 e. The Morgan fingerprint density at radius 1 is 1.03 bits per heavy atom. The van der Waals surface area contributed by atoms with Gasteiger partial charge in [-0.05, 0) is 30.3 Å². The summed E-state index contributed by atoms with van der Waals surface area (Å²) in [6.45, 7) is 0. The summed E-state index contributed by atoms with van der Waals surface area (Å²) in [6.07, 6.45) is 3.25. The lowest BCUT2D eigenvalue weighted by atomic mass is 10.2. The lowest BCUT2D eigenvalue weighted by Crippen LogP contribution is -2.00. The maximum atomic E-state index is 14.8.